The molecule has 1 aliphatic rings. The number of halogens is 1. The highest BCUT2D eigenvalue weighted by atomic mass is 35.5. The normalized spacial score (nSPS) is 19.5. The number of hydrogen-bond acceptors (Lipinski definition) is 5. The molecule has 0 spiro atoms. The van der Waals surface area contributed by atoms with Crippen LogP contribution in [0.1, 0.15) is 17.3 Å². The second-order valence-electron chi connectivity index (χ2n) is 4.68. The number of anilines is 1. The van der Waals surface area contributed by atoms with E-state index in [0.29, 0.717) is 18.1 Å². The van der Waals surface area contributed by atoms with Gasteiger partial charge in [0.15, 0.2) is 9.84 Å². The molecule has 2 N–H and O–H groups in total. The molecule has 1 amide bonds. The van der Waals surface area contributed by atoms with Crippen molar-refractivity contribution in [2.75, 3.05) is 29.5 Å². The molecule has 1 aliphatic heterocycles. The lowest BCUT2D eigenvalue weighted by atomic mass is 10.1. The smallest absolute Gasteiger partial charge is 0.258 e. The van der Waals surface area contributed by atoms with E-state index in [-0.39, 0.29) is 22.0 Å². The average Bonchev–Trinajstić information content (AvgIpc) is 2.47. The van der Waals surface area contributed by atoms with E-state index in [1.807, 2.05) is 0 Å². The summed E-state index contributed by atoms with van der Waals surface area (Å²) in [7, 11) is -3.35. The van der Waals surface area contributed by atoms with Gasteiger partial charge >= 0.3 is 0 Å². The number of nitrogens with two attached hydrogens (primary N) is 1. The topological polar surface area (TPSA) is 80.5 Å². The zero-order valence-electron chi connectivity index (χ0n) is 11.6. The Bertz CT molecular complexity index is 629. The Kier molecular flexibility index (Phi) is 5.06. The van der Waals surface area contributed by atoms with Crippen molar-refractivity contribution in [1.82, 2.24) is 4.90 Å². The van der Waals surface area contributed by atoms with Crippen molar-refractivity contribution in [1.29, 1.82) is 0 Å². The lowest BCUT2D eigenvalue weighted by molar-refractivity contribution is 0.0750. The molecule has 1 aromatic rings. The first-order valence-electron chi connectivity index (χ1n) is 6.52. The second kappa shape index (κ2) is 6.46. The Morgan fingerprint density at radius 3 is 2.86 bits per heavy atom. The maximum atomic E-state index is 12.7. The number of amides is 1. The fraction of sp³-hybridized carbons (Fsp3) is 0.462. The average molecular weight is 349 g/mol. The van der Waals surface area contributed by atoms with Crippen LogP contribution in [0.2, 0.25) is 5.02 Å². The molecule has 21 heavy (non-hydrogen) atoms. The summed E-state index contributed by atoms with van der Waals surface area (Å²) in [6.45, 7) is 1.96. The molecule has 0 saturated carbocycles. The Hall–Kier alpha value is -0.920. The molecule has 0 bridgehead atoms. The standard InChI is InChI=1S/C13H17ClN2O3S2/c1-2-21(18,19)11-8-20-7-6-16(11)13(17)12-9(14)4-3-5-10(12)15/h3-5,11H,2,6-8,15H2,1H3. The van der Waals surface area contributed by atoms with Gasteiger partial charge in [-0.1, -0.05) is 24.6 Å². The number of benzene rings is 1. The van der Waals surface area contributed by atoms with Gasteiger partial charge in [-0.2, -0.15) is 11.8 Å². The van der Waals surface area contributed by atoms with Crippen LogP contribution in [0.5, 0.6) is 0 Å². The van der Waals surface area contributed by atoms with Gasteiger partial charge in [0.1, 0.15) is 5.37 Å². The first-order valence-corrected chi connectivity index (χ1v) is 9.77. The summed E-state index contributed by atoms with van der Waals surface area (Å²) in [5.41, 5.74) is 6.27. The van der Waals surface area contributed by atoms with Gasteiger partial charge in [-0.05, 0) is 12.1 Å². The lowest BCUT2D eigenvalue weighted by Gasteiger charge is -2.35. The van der Waals surface area contributed by atoms with Gasteiger partial charge in [0, 0.05) is 29.5 Å². The summed E-state index contributed by atoms with van der Waals surface area (Å²) in [6, 6.07) is 4.81. The van der Waals surface area contributed by atoms with Crippen LogP contribution in [0, 0.1) is 0 Å². The molecule has 0 radical (unpaired) electrons. The van der Waals surface area contributed by atoms with E-state index in [1.54, 1.807) is 25.1 Å². The first kappa shape index (κ1) is 16.5. The molecule has 1 atom stereocenters. The van der Waals surface area contributed by atoms with Gasteiger partial charge in [-0.25, -0.2) is 8.42 Å². The summed E-state index contributed by atoms with van der Waals surface area (Å²) in [5.74, 6) is 0.665. The predicted octanol–water partition coefficient (Wildman–Crippen LogP) is 1.87. The minimum absolute atomic E-state index is 0.0000106. The van der Waals surface area contributed by atoms with Crippen LogP contribution >= 0.6 is 23.4 Å². The van der Waals surface area contributed by atoms with Crippen molar-refractivity contribution < 1.29 is 13.2 Å². The van der Waals surface area contributed by atoms with Crippen LogP contribution < -0.4 is 5.73 Å². The monoisotopic (exact) mass is 348 g/mol. The van der Waals surface area contributed by atoms with Gasteiger partial charge in [-0.15, -0.1) is 0 Å². The maximum absolute atomic E-state index is 12.7. The zero-order valence-corrected chi connectivity index (χ0v) is 14.0. The van der Waals surface area contributed by atoms with Crippen LogP contribution in [0.4, 0.5) is 5.69 Å². The fourth-order valence-electron chi connectivity index (χ4n) is 2.21. The van der Waals surface area contributed by atoms with Crippen LogP contribution in [-0.4, -0.2) is 48.4 Å². The van der Waals surface area contributed by atoms with Crippen LogP contribution in [0.25, 0.3) is 0 Å². The summed E-state index contributed by atoms with van der Waals surface area (Å²) in [4.78, 5) is 14.1. The van der Waals surface area contributed by atoms with Gasteiger partial charge in [0.05, 0.1) is 10.6 Å². The Morgan fingerprint density at radius 2 is 2.24 bits per heavy atom. The molecule has 1 heterocycles. The molecule has 8 heteroatoms. The Labute approximate surface area is 133 Å². The molecule has 2 rings (SSSR count). The molecular weight excluding hydrogens is 332 g/mol. The number of thioether (sulfide) groups is 1. The van der Waals surface area contributed by atoms with Crippen molar-refractivity contribution in [3.8, 4) is 0 Å². The molecule has 1 aromatic carbocycles. The molecule has 1 saturated heterocycles. The molecule has 0 aliphatic carbocycles. The van der Waals surface area contributed by atoms with Crippen molar-refractivity contribution in [3.05, 3.63) is 28.8 Å². The van der Waals surface area contributed by atoms with E-state index in [0.717, 1.165) is 0 Å². The summed E-state index contributed by atoms with van der Waals surface area (Å²) in [5, 5.41) is -0.574. The molecule has 1 fully saturated rings. The van der Waals surface area contributed by atoms with E-state index in [9.17, 15) is 13.2 Å². The van der Waals surface area contributed by atoms with E-state index in [4.69, 9.17) is 17.3 Å². The minimum Gasteiger partial charge on any atom is -0.398 e. The van der Waals surface area contributed by atoms with Crippen LogP contribution in [-0.2, 0) is 9.84 Å². The number of nitrogen functional groups attached to an aromatic ring is 1. The quantitative estimate of drug-likeness (QED) is 0.843. The van der Waals surface area contributed by atoms with Crippen LogP contribution in [0.3, 0.4) is 0 Å². The molecular formula is C13H17ClN2O3S2. The van der Waals surface area contributed by atoms with E-state index in [2.05, 4.69) is 0 Å². The largest absolute Gasteiger partial charge is 0.398 e. The highest BCUT2D eigenvalue weighted by Gasteiger charge is 2.37. The summed E-state index contributed by atoms with van der Waals surface area (Å²) in [6.07, 6.45) is 0. The van der Waals surface area contributed by atoms with E-state index >= 15 is 0 Å². The number of sulfone groups is 1. The number of hydrogen-bond donors (Lipinski definition) is 1. The summed E-state index contributed by atoms with van der Waals surface area (Å²) >= 11 is 7.59. The fourth-order valence-corrected chi connectivity index (χ4v) is 5.44. The summed E-state index contributed by atoms with van der Waals surface area (Å²) < 4.78 is 24.4. The van der Waals surface area contributed by atoms with Crippen LogP contribution in [0.15, 0.2) is 18.2 Å². The SMILES string of the molecule is CCS(=O)(=O)C1CSCCN1C(=O)c1c(N)cccc1Cl. The molecule has 1 unspecified atom stereocenters. The first-order chi connectivity index (χ1) is 9.88. The van der Waals surface area contributed by atoms with Gasteiger partial charge in [0.25, 0.3) is 5.91 Å². The van der Waals surface area contributed by atoms with Crippen molar-refractivity contribution in [2.45, 2.75) is 12.3 Å². The highest BCUT2D eigenvalue weighted by Crippen LogP contribution is 2.28. The van der Waals surface area contributed by atoms with Gasteiger partial charge in [-0.3, -0.25) is 4.79 Å². The third kappa shape index (κ3) is 3.30. The third-order valence-corrected chi connectivity index (χ3v) is 7.03. The van der Waals surface area contributed by atoms with Crippen molar-refractivity contribution >= 4 is 44.8 Å². The van der Waals surface area contributed by atoms with E-state index < -0.39 is 21.1 Å². The van der Waals surface area contributed by atoms with E-state index in [1.165, 1.54) is 16.7 Å². The minimum atomic E-state index is -3.35. The Morgan fingerprint density at radius 1 is 1.52 bits per heavy atom. The number of nitrogens with zero attached hydrogens (tertiary/aromatic N) is 1. The number of carbonyl (C=O) groups excluding carboxylic acids is 1. The van der Waals surface area contributed by atoms with Crippen molar-refractivity contribution in [3.63, 3.8) is 0 Å². The van der Waals surface area contributed by atoms with Gasteiger partial charge < -0.3 is 10.6 Å². The van der Waals surface area contributed by atoms with Crippen molar-refractivity contribution in [2.24, 2.45) is 0 Å². The van der Waals surface area contributed by atoms with Gasteiger partial charge in [0.2, 0.25) is 0 Å². The molecule has 0 aromatic heterocycles. The molecule has 5 nitrogen and oxygen atoms in total. The second-order valence-corrected chi connectivity index (χ2v) is 8.69. The predicted molar refractivity (Wildman–Crippen MR) is 87.5 cm³/mol. The zero-order chi connectivity index (χ0) is 15.6. The number of rotatable bonds is 3. The maximum Gasteiger partial charge on any atom is 0.258 e. The third-order valence-electron chi connectivity index (χ3n) is 3.42. The lowest BCUT2D eigenvalue weighted by Crippen LogP contribution is -2.50. The molecule has 116 valence electrons. The number of carbonyl (C=O) groups is 1. The Balaban J connectivity index is 2.40. The highest BCUT2D eigenvalue weighted by molar-refractivity contribution is 8.01.